The molecule has 0 unspecified atom stereocenters. The van der Waals surface area contributed by atoms with E-state index in [2.05, 4.69) is 164 Å². The molecule has 252 valence electrons. The summed E-state index contributed by atoms with van der Waals surface area (Å²) in [4.78, 5) is 0. The Morgan fingerprint density at radius 2 is 0.714 bits per heavy atom. The van der Waals surface area contributed by atoms with Crippen molar-refractivity contribution in [1.82, 2.24) is 0 Å². The highest BCUT2D eigenvalue weighted by atomic mass is 16.5. The second-order valence-corrected chi connectivity index (χ2v) is 17.1. The van der Waals surface area contributed by atoms with E-state index in [1.54, 1.807) is 0 Å². The van der Waals surface area contributed by atoms with Crippen LogP contribution in [0.3, 0.4) is 0 Å². The number of benzene rings is 4. The molecule has 0 N–H and O–H groups in total. The Labute approximate surface area is 296 Å². The molecule has 0 bridgehead atoms. The lowest BCUT2D eigenvalue weighted by molar-refractivity contribution is 0.140. The molecule has 1 heteroatoms. The first-order chi connectivity index (χ1) is 23.2. The Hall–Kier alpha value is -4.04. The first-order valence-corrected chi connectivity index (χ1v) is 18.3. The van der Waals surface area contributed by atoms with Crippen molar-refractivity contribution in [3.05, 3.63) is 141 Å². The van der Waals surface area contributed by atoms with Gasteiger partial charge in [0.15, 0.2) is 0 Å². The van der Waals surface area contributed by atoms with E-state index in [9.17, 15) is 0 Å². The fraction of sp³-hybridized carbons (Fsp3) is 0.417. The molecule has 0 saturated heterocycles. The maximum Gasteiger partial charge on any atom is 0.0506 e. The van der Waals surface area contributed by atoms with Gasteiger partial charge in [-0.3, -0.25) is 0 Å². The van der Waals surface area contributed by atoms with Gasteiger partial charge in [-0.05, 0) is 142 Å². The summed E-state index contributed by atoms with van der Waals surface area (Å²) in [6.07, 6.45) is 6.69. The Balaban J connectivity index is 0.963. The van der Waals surface area contributed by atoms with Gasteiger partial charge in [0.25, 0.3) is 0 Å². The predicted octanol–water partition coefficient (Wildman–Crippen LogP) is 11.0. The number of hydrogen-bond acceptors (Lipinski definition) is 1. The molecular formula is C48H54O. The molecule has 2 aliphatic carbocycles. The summed E-state index contributed by atoms with van der Waals surface area (Å²) in [5.41, 5.74) is 13.6. The minimum atomic E-state index is 0.199. The van der Waals surface area contributed by atoms with E-state index in [-0.39, 0.29) is 21.7 Å². The summed E-state index contributed by atoms with van der Waals surface area (Å²) in [6.45, 7) is 20.4. The third-order valence-electron chi connectivity index (χ3n) is 11.4. The van der Waals surface area contributed by atoms with Gasteiger partial charge < -0.3 is 4.74 Å². The smallest absolute Gasteiger partial charge is 0.0506 e. The normalized spacial score (nSPS) is 17.8. The topological polar surface area (TPSA) is 9.23 Å². The summed E-state index contributed by atoms with van der Waals surface area (Å²) in [6, 6.07) is 30.9. The highest BCUT2D eigenvalue weighted by Crippen LogP contribution is 2.47. The number of rotatable bonds is 6. The van der Waals surface area contributed by atoms with Gasteiger partial charge in [-0.15, -0.1) is 0 Å². The third-order valence-corrected chi connectivity index (χ3v) is 11.4. The largest absolute Gasteiger partial charge is 0.381 e. The quantitative estimate of drug-likeness (QED) is 0.150. The summed E-state index contributed by atoms with van der Waals surface area (Å²) in [5, 5.41) is 0. The summed E-state index contributed by atoms with van der Waals surface area (Å²) in [7, 11) is 0. The van der Waals surface area contributed by atoms with E-state index in [0.29, 0.717) is 13.2 Å². The molecule has 0 radical (unpaired) electrons. The predicted molar refractivity (Wildman–Crippen MR) is 207 cm³/mol. The zero-order valence-electron chi connectivity index (χ0n) is 31.1. The zero-order chi connectivity index (χ0) is 34.9. The van der Waals surface area contributed by atoms with Crippen LogP contribution in [0, 0.1) is 23.7 Å². The van der Waals surface area contributed by atoms with Gasteiger partial charge in [0.05, 0.1) is 13.2 Å². The molecule has 0 saturated carbocycles. The molecule has 6 rings (SSSR count). The maximum atomic E-state index is 6.01. The van der Waals surface area contributed by atoms with Gasteiger partial charge in [0, 0.05) is 22.3 Å². The highest BCUT2D eigenvalue weighted by Gasteiger charge is 2.38. The van der Waals surface area contributed by atoms with E-state index in [4.69, 9.17) is 4.74 Å². The van der Waals surface area contributed by atoms with Gasteiger partial charge in [-0.2, -0.15) is 0 Å². The van der Waals surface area contributed by atoms with Gasteiger partial charge in [-0.25, -0.2) is 0 Å². The molecule has 0 spiro atoms. The van der Waals surface area contributed by atoms with Gasteiger partial charge in [0.2, 0.25) is 0 Å². The molecule has 4 aromatic rings. The average molecular weight is 647 g/mol. The second kappa shape index (κ2) is 13.7. The fourth-order valence-electron chi connectivity index (χ4n) is 7.61. The minimum Gasteiger partial charge on any atom is -0.381 e. The molecule has 0 atom stereocenters. The fourth-order valence-corrected chi connectivity index (χ4v) is 7.61. The third kappa shape index (κ3) is 8.07. The Morgan fingerprint density at radius 1 is 0.408 bits per heavy atom. The minimum absolute atomic E-state index is 0.199. The first-order valence-electron chi connectivity index (χ1n) is 18.3. The maximum absolute atomic E-state index is 6.01. The number of hydrogen-bond donors (Lipinski definition) is 0. The Kier molecular flexibility index (Phi) is 9.73. The van der Waals surface area contributed by atoms with Crippen molar-refractivity contribution in [2.75, 3.05) is 13.2 Å². The lowest BCUT2D eigenvalue weighted by Crippen LogP contribution is -2.33. The monoisotopic (exact) mass is 646 g/mol. The van der Waals surface area contributed by atoms with Crippen molar-refractivity contribution < 1.29 is 4.74 Å². The van der Waals surface area contributed by atoms with E-state index >= 15 is 0 Å². The van der Waals surface area contributed by atoms with E-state index < -0.39 is 0 Å². The van der Waals surface area contributed by atoms with Crippen LogP contribution in [0.2, 0.25) is 0 Å². The van der Waals surface area contributed by atoms with Crippen LogP contribution in [0.25, 0.3) is 0 Å². The van der Waals surface area contributed by atoms with Crippen molar-refractivity contribution in [3.63, 3.8) is 0 Å². The van der Waals surface area contributed by atoms with Crippen LogP contribution in [0.5, 0.6) is 0 Å². The van der Waals surface area contributed by atoms with Gasteiger partial charge in [-0.1, -0.05) is 115 Å². The van der Waals surface area contributed by atoms with E-state index in [1.165, 1.54) is 59.1 Å². The lowest BCUT2D eigenvalue weighted by Gasteiger charge is -2.41. The van der Waals surface area contributed by atoms with Crippen LogP contribution >= 0.6 is 0 Å². The van der Waals surface area contributed by atoms with Crippen LogP contribution < -0.4 is 0 Å². The van der Waals surface area contributed by atoms with Crippen LogP contribution in [-0.2, 0) is 39.2 Å². The molecule has 0 aliphatic heterocycles. The average Bonchev–Trinajstić information content (AvgIpc) is 3.08. The molecule has 0 aromatic heterocycles. The number of fused-ring (bicyclic) bond motifs is 2. The molecule has 4 aromatic carbocycles. The summed E-state index contributed by atoms with van der Waals surface area (Å²) in [5.74, 6) is 13.6. The van der Waals surface area contributed by atoms with Crippen molar-refractivity contribution in [1.29, 1.82) is 0 Å². The molecule has 49 heavy (non-hydrogen) atoms. The highest BCUT2D eigenvalue weighted by molar-refractivity contribution is 5.52. The second-order valence-electron chi connectivity index (χ2n) is 17.1. The van der Waals surface area contributed by atoms with E-state index in [0.717, 1.165) is 35.1 Å². The molecule has 0 fully saturated rings. The summed E-state index contributed by atoms with van der Waals surface area (Å²) >= 11 is 0. The standard InChI is InChI=1S/C48H54O/c1-45(2)27-29-47(5,6)43-33-39(21-23-41(43)45)19-17-35-9-13-37(14-10-35)25-31-49-32-26-38-15-11-36(12-16-38)18-20-40-22-24-42-44(34-40)48(7,8)30-28-46(42,3)4/h9-16,21-24,33-34H,25-32H2,1-8H3. The molecule has 0 amide bonds. The van der Waals surface area contributed by atoms with Crippen LogP contribution in [0.4, 0.5) is 0 Å². The first kappa shape index (κ1) is 34.8. The molecular weight excluding hydrogens is 593 g/mol. The number of ether oxygens (including phenoxy) is 1. The van der Waals surface area contributed by atoms with Crippen molar-refractivity contribution in [3.8, 4) is 23.7 Å². The van der Waals surface area contributed by atoms with Gasteiger partial charge >= 0.3 is 0 Å². The van der Waals surface area contributed by atoms with Crippen LogP contribution in [0.1, 0.15) is 137 Å². The van der Waals surface area contributed by atoms with Crippen molar-refractivity contribution in [2.24, 2.45) is 0 Å². The van der Waals surface area contributed by atoms with Gasteiger partial charge in [0.1, 0.15) is 0 Å². The molecule has 0 heterocycles. The molecule has 2 aliphatic rings. The van der Waals surface area contributed by atoms with Crippen molar-refractivity contribution in [2.45, 2.75) is 116 Å². The van der Waals surface area contributed by atoms with Crippen LogP contribution in [-0.4, -0.2) is 13.2 Å². The van der Waals surface area contributed by atoms with Crippen molar-refractivity contribution >= 4 is 0 Å². The molecule has 1 nitrogen and oxygen atoms in total. The zero-order valence-corrected chi connectivity index (χ0v) is 31.1. The Bertz CT molecular complexity index is 1780. The Morgan fingerprint density at radius 3 is 1.08 bits per heavy atom. The SMILES string of the molecule is CC1(C)CCC(C)(C)c2cc(C#Cc3ccc(CCOCCc4ccc(C#Cc5ccc6c(c5)C(C)(C)CCC6(C)C)cc4)cc3)ccc21. The summed E-state index contributed by atoms with van der Waals surface area (Å²) < 4.78 is 6.01. The lowest BCUT2D eigenvalue weighted by atomic mass is 9.63. The van der Waals surface area contributed by atoms with Crippen LogP contribution in [0.15, 0.2) is 84.9 Å². The van der Waals surface area contributed by atoms with E-state index in [1.807, 2.05) is 0 Å².